The standard InChI is InChI=1S/C16H20ClN3O4/c1-9(8-18-15(23)24-16(2,3)4)20-11(14(21)22)7-10-5-6-12(17)19-13(10)20/h5-7,9H,8H2,1-4H3,(H,18,23)(H,21,22)/t9-/m1/s1. The van der Waals surface area contributed by atoms with Crippen LogP contribution in [-0.4, -0.2) is 38.9 Å². The molecule has 0 saturated carbocycles. The van der Waals surface area contributed by atoms with Gasteiger partial charge in [0.05, 0.1) is 6.04 Å². The molecule has 0 fully saturated rings. The molecule has 0 aliphatic heterocycles. The van der Waals surface area contributed by atoms with Crippen molar-refractivity contribution in [2.45, 2.75) is 39.3 Å². The number of carboxylic acids is 1. The largest absolute Gasteiger partial charge is 0.477 e. The van der Waals surface area contributed by atoms with E-state index in [4.69, 9.17) is 16.3 Å². The summed E-state index contributed by atoms with van der Waals surface area (Å²) >= 11 is 5.92. The van der Waals surface area contributed by atoms with Crippen LogP contribution in [-0.2, 0) is 4.74 Å². The molecule has 7 nitrogen and oxygen atoms in total. The van der Waals surface area contributed by atoms with Gasteiger partial charge in [-0.2, -0.15) is 0 Å². The average molecular weight is 354 g/mol. The van der Waals surface area contributed by atoms with E-state index in [0.717, 1.165) is 0 Å². The van der Waals surface area contributed by atoms with Crippen molar-refractivity contribution in [2.24, 2.45) is 0 Å². The van der Waals surface area contributed by atoms with Gasteiger partial charge in [0, 0.05) is 11.9 Å². The number of ether oxygens (including phenoxy) is 1. The number of carbonyl (C=O) groups is 2. The number of alkyl carbamates (subject to hydrolysis) is 1. The zero-order chi connectivity index (χ0) is 18.1. The van der Waals surface area contributed by atoms with Gasteiger partial charge in [0.2, 0.25) is 0 Å². The second kappa shape index (κ2) is 6.68. The van der Waals surface area contributed by atoms with Gasteiger partial charge in [-0.3, -0.25) is 0 Å². The number of aromatic carboxylic acids is 1. The van der Waals surface area contributed by atoms with Crippen molar-refractivity contribution in [3.8, 4) is 0 Å². The minimum Gasteiger partial charge on any atom is -0.477 e. The second-order valence-corrected chi connectivity index (χ2v) is 6.87. The molecule has 24 heavy (non-hydrogen) atoms. The number of rotatable bonds is 4. The monoisotopic (exact) mass is 353 g/mol. The number of aromatic nitrogens is 2. The van der Waals surface area contributed by atoms with Gasteiger partial charge >= 0.3 is 12.1 Å². The number of hydrogen-bond donors (Lipinski definition) is 2. The topological polar surface area (TPSA) is 93.5 Å². The number of amides is 1. The van der Waals surface area contributed by atoms with Crippen molar-refractivity contribution in [3.05, 3.63) is 29.0 Å². The van der Waals surface area contributed by atoms with E-state index >= 15 is 0 Å². The van der Waals surface area contributed by atoms with E-state index in [1.807, 2.05) is 0 Å². The first-order valence-electron chi connectivity index (χ1n) is 7.46. The number of halogens is 1. The van der Waals surface area contributed by atoms with E-state index < -0.39 is 17.7 Å². The number of fused-ring (bicyclic) bond motifs is 1. The Kier molecular flexibility index (Phi) is 5.03. The number of carbonyl (C=O) groups excluding carboxylic acids is 1. The fourth-order valence-electron chi connectivity index (χ4n) is 2.32. The number of hydrogen-bond acceptors (Lipinski definition) is 4. The van der Waals surface area contributed by atoms with Gasteiger partial charge in [-0.1, -0.05) is 11.6 Å². The number of pyridine rings is 1. The lowest BCUT2D eigenvalue weighted by Gasteiger charge is -2.22. The Hall–Kier alpha value is -2.28. The highest BCUT2D eigenvalue weighted by Gasteiger charge is 2.22. The molecule has 0 saturated heterocycles. The first-order chi connectivity index (χ1) is 11.1. The number of nitrogens with one attached hydrogen (secondary N) is 1. The van der Waals surface area contributed by atoms with Crippen molar-refractivity contribution < 1.29 is 19.4 Å². The van der Waals surface area contributed by atoms with Crippen molar-refractivity contribution in [1.29, 1.82) is 0 Å². The molecule has 0 spiro atoms. The summed E-state index contributed by atoms with van der Waals surface area (Å²) in [6.45, 7) is 7.27. The molecule has 0 unspecified atom stereocenters. The molecule has 130 valence electrons. The van der Waals surface area contributed by atoms with Crippen LogP contribution in [0, 0.1) is 0 Å². The van der Waals surface area contributed by atoms with E-state index in [1.54, 1.807) is 44.4 Å². The summed E-state index contributed by atoms with van der Waals surface area (Å²) in [5, 5.41) is 13.0. The molecule has 8 heteroatoms. The number of nitrogens with zero attached hydrogens (tertiary/aromatic N) is 2. The van der Waals surface area contributed by atoms with Gasteiger partial charge in [0.25, 0.3) is 0 Å². The average Bonchev–Trinajstić information content (AvgIpc) is 2.81. The highest BCUT2D eigenvalue weighted by atomic mass is 35.5. The van der Waals surface area contributed by atoms with Crippen LogP contribution in [0.25, 0.3) is 11.0 Å². The third-order valence-electron chi connectivity index (χ3n) is 3.25. The van der Waals surface area contributed by atoms with Crippen molar-refractivity contribution in [3.63, 3.8) is 0 Å². The Labute approximate surface area is 144 Å². The van der Waals surface area contributed by atoms with E-state index in [9.17, 15) is 14.7 Å². The third kappa shape index (κ3) is 4.17. The molecule has 2 N–H and O–H groups in total. The molecule has 0 aliphatic carbocycles. The summed E-state index contributed by atoms with van der Waals surface area (Å²) in [5.74, 6) is -1.08. The molecule has 0 radical (unpaired) electrons. The molecule has 2 aromatic heterocycles. The zero-order valence-electron chi connectivity index (χ0n) is 14.0. The molecule has 2 aromatic rings. The summed E-state index contributed by atoms with van der Waals surface area (Å²) in [6.07, 6.45) is -0.561. The molecule has 0 aliphatic rings. The normalized spacial score (nSPS) is 12.9. The van der Waals surface area contributed by atoms with Crippen LogP contribution in [0.4, 0.5) is 4.79 Å². The first-order valence-corrected chi connectivity index (χ1v) is 7.84. The maximum Gasteiger partial charge on any atom is 0.407 e. The number of carboxylic acid groups (broad SMARTS) is 1. The molecule has 2 rings (SSSR count). The summed E-state index contributed by atoms with van der Waals surface area (Å²) in [7, 11) is 0. The van der Waals surface area contributed by atoms with Gasteiger partial charge in [-0.25, -0.2) is 14.6 Å². The van der Waals surface area contributed by atoms with Crippen LogP contribution in [0.3, 0.4) is 0 Å². The summed E-state index contributed by atoms with van der Waals surface area (Å²) in [4.78, 5) is 27.5. The highest BCUT2D eigenvalue weighted by molar-refractivity contribution is 6.29. The maximum atomic E-state index is 11.8. The Bertz CT molecular complexity index is 779. The molecule has 1 amide bonds. The van der Waals surface area contributed by atoms with Crippen molar-refractivity contribution in [1.82, 2.24) is 14.9 Å². The molecule has 0 bridgehead atoms. The van der Waals surface area contributed by atoms with Crippen molar-refractivity contribution in [2.75, 3.05) is 6.54 Å². The fourth-order valence-corrected chi connectivity index (χ4v) is 2.46. The molecular weight excluding hydrogens is 334 g/mol. The first kappa shape index (κ1) is 18.1. The van der Waals surface area contributed by atoms with Crippen LogP contribution in [0.15, 0.2) is 18.2 Å². The molecule has 1 atom stereocenters. The summed E-state index contributed by atoms with van der Waals surface area (Å²) < 4.78 is 6.72. The predicted octanol–water partition coefficient (Wildman–Crippen LogP) is 3.47. The van der Waals surface area contributed by atoms with Crippen LogP contribution >= 0.6 is 11.6 Å². The predicted molar refractivity (Wildman–Crippen MR) is 90.7 cm³/mol. The van der Waals surface area contributed by atoms with E-state index in [-0.39, 0.29) is 23.4 Å². The summed E-state index contributed by atoms with van der Waals surface area (Å²) in [5.41, 5.74) is -0.0638. The van der Waals surface area contributed by atoms with Gasteiger partial charge in [0.15, 0.2) is 0 Å². The van der Waals surface area contributed by atoms with Crippen LogP contribution in [0.1, 0.15) is 44.2 Å². The Morgan fingerprint density at radius 2 is 2.08 bits per heavy atom. The fraction of sp³-hybridized carbons (Fsp3) is 0.438. The van der Waals surface area contributed by atoms with Crippen LogP contribution in [0.2, 0.25) is 5.15 Å². The lowest BCUT2D eigenvalue weighted by atomic mass is 10.2. The summed E-state index contributed by atoms with van der Waals surface area (Å²) in [6, 6.07) is 4.49. The molecule has 2 heterocycles. The minimum atomic E-state index is -1.08. The van der Waals surface area contributed by atoms with Gasteiger partial charge < -0.3 is 19.7 Å². The van der Waals surface area contributed by atoms with Gasteiger partial charge in [-0.05, 0) is 45.9 Å². The lowest BCUT2D eigenvalue weighted by Crippen LogP contribution is -2.35. The highest BCUT2D eigenvalue weighted by Crippen LogP contribution is 2.24. The van der Waals surface area contributed by atoms with Crippen molar-refractivity contribution >= 4 is 34.7 Å². The third-order valence-corrected chi connectivity index (χ3v) is 3.46. The van der Waals surface area contributed by atoms with E-state index in [1.165, 1.54) is 6.07 Å². The van der Waals surface area contributed by atoms with Crippen LogP contribution < -0.4 is 5.32 Å². The second-order valence-electron chi connectivity index (χ2n) is 6.48. The molecular formula is C16H20ClN3O4. The Morgan fingerprint density at radius 1 is 1.42 bits per heavy atom. The Balaban J connectivity index is 2.26. The van der Waals surface area contributed by atoms with E-state index in [2.05, 4.69) is 10.3 Å². The van der Waals surface area contributed by atoms with E-state index in [0.29, 0.717) is 11.0 Å². The van der Waals surface area contributed by atoms with Crippen LogP contribution in [0.5, 0.6) is 0 Å². The lowest BCUT2D eigenvalue weighted by molar-refractivity contribution is 0.0521. The van der Waals surface area contributed by atoms with Gasteiger partial charge in [-0.15, -0.1) is 0 Å². The van der Waals surface area contributed by atoms with Gasteiger partial charge in [0.1, 0.15) is 22.1 Å². The molecule has 0 aromatic carbocycles. The SMILES string of the molecule is C[C@H](CNC(=O)OC(C)(C)C)n1c(C(=O)O)cc2ccc(Cl)nc21. The minimum absolute atomic E-state index is 0.0817. The smallest absolute Gasteiger partial charge is 0.407 e. The quantitative estimate of drug-likeness (QED) is 0.821. The Morgan fingerprint density at radius 3 is 2.67 bits per heavy atom. The zero-order valence-corrected chi connectivity index (χ0v) is 14.7. The maximum absolute atomic E-state index is 11.8.